The molecule has 0 aromatic rings. The molecule has 0 spiro atoms. The van der Waals surface area contributed by atoms with Gasteiger partial charge < -0.3 is 0 Å². The van der Waals surface area contributed by atoms with Crippen LogP contribution in [0.4, 0.5) is 0 Å². The quantitative estimate of drug-likeness (QED) is 0.248. The summed E-state index contributed by atoms with van der Waals surface area (Å²) in [5.41, 5.74) is 0. The second-order valence-electron chi connectivity index (χ2n) is 0.431. The Bertz CT molecular complexity index is 46.9. The molecule has 0 amide bonds. The molecule has 0 saturated heterocycles. The van der Waals surface area contributed by atoms with Crippen LogP contribution in [0.2, 0.25) is 0 Å². The fourth-order valence-corrected chi connectivity index (χ4v) is 0.0632. The fraction of sp³-hybridized carbons (Fsp3) is 0.500. The van der Waals surface area contributed by atoms with E-state index in [2.05, 4.69) is 22.2 Å². The molecule has 0 rings (SSSR count). The Balaban J connectivity index is 2.92. The Hall–Kier alpha value is -0.730. The maximum Gasteiger partial charge on any atom is 0.0509 e. The van der Waals surface area contributed by atoms with Crippen LogP contribution >= 0.6 is 0 Å². The Morgan fingerprint density at radius 2 is 2.20 bits per heavy atom. The Labute approximate surface area is 30.4 Å². The van der Waals surface area contributed by atoms with Gasteiger partial charge in [-0.05, 0) is 0 Å². The first-order chi connectivity index (χ1) is 2.41. The predicted molar refractivity (Wildman–Crippen MR) is 20.3 cm³/mol. The summed E-state index contributed by atoms with van der Waals surface area (Å²) in [7, 11) is 1.54. The minimum absolute atomic E-state index is 1.54. The predicted octanol–water partition coefficient (Wildman–Crippen LogP) is 0.684. The summed E-state index contributed by atoms with van der Waals surface area (Å²) >= 11 is 0. The van der Waals surface area contributed by atoms with E-state index in [-0.39, 0.29) is 0 Å². The molecule has 0 atom stereocenters. The average Bonchev–Trinajstić information content (AvgIpc) is 1.41. The van der Waals surface area contributed by atoms with Gasteiger partial charge in [-0.1, -0.05) is 5.22 Å². The molecule has 3 nitrogen and oxygen atoms in total. The van der Waals surface area contributed by atoms with Crippen molar-refractivity contribution in [1.82, 2.24) is 0 Å². The van der Waals surface area contributed by atoms with Crippen molar-refractivity contribution in [3.8, 4) is 0 Å². The molecular formula is C2H5N3. The van der Waals surface area contributed by atoms with E-state index in [0.29, 0.717) is 0 Å². The number of hydrogen-bond acceptors (Lipinski definition) is 2. The van der Waals surface area contributed by atoms with Gasteiger partial charge in [-0.2, -0.15) is 5.11 Å². The lowest BCUT2D eigenvalue weighted by molar-refractivity contribution is 1.03. The first-order valence-electron chi connectivity index (χ1n) is 1.16. The Morgan fingerprint density at radius 3 is 2.20 bits per heavy atom. The minimum atomic E-state index is 1.54. The third-order valence-electron chi connectivity index (χ3n) is 0.153. The van der Waals surface area contributed by atoms with E-state index in [9.17, 15) is 0 Å². The molecule has 5 heavy (non-hydrogen) atoms. The number of rotatable bonds is 1. The van der Waals surface area contributed by atoms with Crippen molar-refractivity contribution < 1.29 is 0 Å². The van der Waals surface area contributed by atoms with Crippen LogP contribution in [0, 0.1) is 0 Å². The summed E-state index contributed by atoms with van der Waals surface area (Å²) in [6.45, 7) is 3.04. The van der Waals surface area contributed by atoms with Crippen molar-refractivity contribution >= 4 is 6.72 Å². The lowest BCUT2D eigenvalue weighted by Gasteiger charge is -1.58. The summed E-state index contributed by atoms with van der Waals surface area (Å²) in [4.78, 5) is 0. The lowest BCUT2D eigenvalue weighted by Crippen LogP contribution is -1.39. The normalized spacial score (nSPS) is 9.00. The van der Waals surface area contributed by atoms with Crippen molar-refractivity contribution in [2.45, 2.75) is 0 Å². The van der Waals surface area contributed by atoms with Crippen LogP contribution in [0.25, 0.3) is 0 Å². The van der Waals surface area contributed by atoms with Gasteiger partial charge in [0, 0.05) is 6.72 Å². The van der Waals surface area contributed by atoms with Crippen LogP contribution in [-0.2, 0) is 0 Å². The van der Waals surface area contributed by atoms with Gasteiger partial charge in [0.1, 0.15) is 0 Å². The summed E-state index contributed by atoms with van der Waals surface area (Å²) in [5.74, 6) is 0. The molecule has 0 heterocycles. The number of hydrogen-bond donors (Lipinski definition) is 0. The molecule has 0 saturated carbocycles. The zero-order valence-corrected chi connectivity index (χ0v) is 3.05. The lowest BCUT2D eigenvalue weighted by atomic mass is 11.6. The molecule has 0 aromatic heterocycles. The fourth-order valence-electron chi connectivity index (χ4n) is 0.0632. The second-order valence-corrected chi connectivity index (χ2v) is 0.431. The molecule has 28 valence electrons. The first kappa shape index (κ1) is 4.27. The molecule has 0 aliphatic carbocycles. The topological polar surface area (TPSA) is 37.1 Å². The smallest absolute Gasteiger partial charge is 0.0509 e. The van der Waals surface area contributed by atoms with Crippen LogP contribution < -0.4 is 0 Å². The van der Waals surface area contributed by atoms with E-state index in [1.807, 2.05) is 0 Å². The maximum atomic E-state index is 3.25. The van der Waals surface area contributed by atoms with E-state index in [4.69, 9.17) is 0 Å². The molecule has 0 aliphatic rings. The van der Waals surface area contributed by atoms with Crippen LogP contribution in [0.5, 0.6) is 0 Å². The van der Waals surface area contributed by atoms with E-state index in [0.717, 1.165) is 0 Å². The summed E-state index contributed by atoms with van der Waals surface area (Å²) in [6.07, 6.45) is 0. The van der Waals surface area contributed by atoms with Crippen molar-refractivity contribution in [3.63, 3.8) is 0 Å². The monoisotopic (exact) mass is 71.0 g/mol. The first-order valence-corrected chi connectivity index (χ1v) is 1.16. The summed E-state index contributed by atoms with van der Waals surface area (Å²) in [6, 6.07) is 0. The van der Waals surface area contributed by atoms with E-state index in [1.165, 1.54) is 7.05 Å². The Morgan fingerprint density at radius 1 is 1.60 bits per heavy atom. The van der Waals surface area contributed by atoms with E-state index < -0.39 is 0 Å². The van der Waals surface area contributed by atoms with Crippen LogP contribution in [0.3, 0.4) is 0 Å². The molecule has 0 aromatic carbocycles. The largest absolute Gasteiger partial charge is 0.172 e. The van der Waals surface area contributed by atoms with Crippen molar-refractivity contribution in [1.29, 1.82) is 0 Å². The molecule has 0 bridgehead atoms. The zero-order chi connectivity index (χ0) is 4.12. The standard InChI is InChI=1S/C2H5N3/c1-3-5-4-2/h1H2,2H3/b5-4-. The second kappa shape index (κ2) is 3.27. The van der Waals surface area contributed by atoms with Gasteiger partial charge in [0.05, 0.1) is 7.05 Å². The van der Waals surface area contributed by atoms with Gasteiger partial charge in [-0.15, -0.1) is 5.10 Å². The van der Waals surface area contributed by atoms with Crippen molar-refractivity contribution in [2.75, 3.05) is 7.05 Å². The maximum absolute atomic E-state index is 3.25. The van der Waals surface area contributed by atoms with Crippen LogP contribution in [0.15, 0.2) is 15.4 Å². The molecule has 0 fully saturated rings. The van der Waals surface area contributed by atoms with Crippen LogP contribution in [0.1, 0.15) is 0 Å². The van der Waals surface area contributed by atoms with Crippen molar-refractivity contribution in [2.24, 2.45) is 15.4 Å². The molecule has 0 unspecified atom stereocenters. The number of nitrogens with zero attached hydrogens (tertiary/aromatic N) is 3. The van der Waals surface area contributed by atoms with E-state index >= 15 is 0 Å². The highest BCUT2D eigenvalue weighted by Crippen LogP contribution is 1.61. The third-order valence-corrected chi connectivity index (χ3v) is 0.153. The highest BCUT2D eigenvalue weighted by atomic mass is 15.3. The molecular weight excluding hydrogens is 66.0 g/mol. The third kappa shape index (κ3) is 3.27. The molecule has 0 radical (unpaired) electrons. The average molecular weight is 71.1 g/mol. The Kier molecular flexibility index (Phi) is 2.79. The SMILES string of the molecule is C=N/N=N\C. The zero-order valence-electron chi connectivity index (χ0n) is 3.05. The van der Waals surface area contributed by atoms with E-state index in [1.54, 1.807) is 0 Å². The highest BCUT2D eigenvalue weighted by molar-refractivity contribution is 5.22. The van der Waals surface area contributed by atoms with Gasteiger partial charge in [0.2, 0.25) is 0 Å². The van der Waals surface area contributed by atoms with Gasteiger partial charge in [0.25, 0.3) is 0 Å². The summed E-state index contributed by atoms with van der Waals surface area (Å²) in [5, 5.41) is 9.42. The highest BCUT2D eigenvalue weighted by Gasteiger charge is 1.40. The van der Waals surface area contributed by atoms with Gasteiger partial charge >= 0.3 is 0 Å². The van der Waals surface area contributed by atoms with Gasteiger partial charge in [0.15, 0.2) is 0 Å². The molecule has 0 N–H and O–H groups in total. The van der Waals surface area contributed by atoms with Gasteiger partial charge in [-0.3, -0.25) is 0 Å². The summed E-state index contributed by atoms with van der Waals surface area (Å²) < 4.78 is 0. The minimum Gasteiger partial charge on any atom is -0.172 e. The van der Waals surface area contributed by atoms with Gasteiger partial charge in [-0.25, -0.2) is 0 Å². The molecule has 3 heteroatoms. The van der Waals surface area contributed by atoms with Crippen molar-refractivity contribution in [3.05, 3.63) is 0 Å². The van der Waals surface area contributed by atoms with Crippen LogP contribution in [-0.4, -0.2) is 13.8 Å². The molecule has 0 aliphatic heterocycles.